The Morgan fingerprint density at radius 3 is 1.50 bits per heavy atom. The third-order valence-electron chi connectivity index (χ3n) is 1.83. The number of hydrogen-bond acceptors (Lipinski definition) is 0. The van der Waals surface area contributed by atoms with Crippen molar-refractivity contribution in [3.63, 3.8) is 0 Å². The van der Waals surface area contributed by atoms with Gasteiger partial charge in [-0.15, -0.1) is 0 Å². The van der Waals surface area contributed by atoms with Crippen LogP contribution in [0, 0.1) is 0 Å². The van der Waals surface area contributed by atoms with Gasteiger partial charge in [0, 0.05) is 0 Å². The molecule has 0 atom stereocenters. The molecule has 0 aromatic heterocycles. The summed E-state index contributed by atoms with van der Waals surface area (Å²) in [6.45, 7) is 9.59. The van der Waals surface area contributed by atoms with Gasteiger partial charge in [-0.1, -0.05) is 0 Å². The van der Waals surface area contributed by atoms with Gasteiger partial charge in [0.2, 0.25) is 0 Å². The summed E-state index contributed by atoms with van der Waals surface area (Å²) in [5.41, 5.74) is 0. The molecule has 0 spiro atoms. The van der Waals surface area contributed by atoms with Crippen molar-refractivity contribution < 1.29 is 0 Å². The van der Waals surface area contributed by atoms with Crippen LogP contribution >= 0.6 is 26.3 Å². The van der Waals surface area contributed by atoms with Crippen molar-refractivity contribution in [1.82, 2.24) is 0 Å². The Kier molecular flexibility index (Phi) is 4.14. The van der Waals surface area contributed by atoms with E-state index < -0.39 is 4.25 Å². The summed E-state index contributed by atoms with van der Waals surface area (Å²) in [4.78, 5) is 0. The zero-order chi connectivity index (χ0) is 8.28. The molecule has 2 heteroatoms. The zero-order valence-electron chi connectivity index (χ0n) is 7.65. The van der Waals surface area contributed by atoms with E-state index in [-0.39, 0.29) is 0 Å². The molecule has 0 aromatic carbocycles. The SMILES string of the molecule is CCCP(C)(C)(I)CCC. The summed E-state index contributed by atoms with van der Waals surface area (Å²) in [6.07, 6.45) is 5.63. The average Bonchev–Trinajstić information content (AvgIpc) is 1.61. The molecule has 10 heavy (non-hydrogen) atoms. The first kappa shape index (κ1) is 11.2. The summed E-state index contributed by atoms with van der Waals surface area (Å²) in [7, 11) is 0. The first-order valence-electron chi connectivity index (χ1n) is 4.11. The van der Waals surface area contributed by atoms with E-state index in [0.717, 1.165) is 0 Å². The molecule has 0 radical (unpaired) electrons. The molecule has 0 saturated carbocycles. The van der Waals surface area contributed by atoms with E-state index in [1.807, 2.05) is 0 Å². The fourth-order valence-corrected chi connectivity index (χ4v) is 7.37. The normalized spacial score (nSPS) is 16.3. The van der Waals surface area contributed by atoms with Gasteiger partial charge in [-0.2, -0.15) is 0 Å². The maximum absolute atomic E-state index is 2.74. The van der Waals surface area contributed by atoms with Gasteiger partial charge in [-0.05, 0) is 0 Å². The van der Waals surface area contributed by atoms with Crippen LogP contribution in [0.5, 0.6) is 0 Å². The number of hydrogen-bond donors (Lipinski definition) is 0. The molecule has 0 unspecified atom stereocenters. The topological polar surface area (TPSA) is 0 Å². The molecule has 0 bridgehead atoms. The Bertz CT molecular complexity index is 91.6. The summed E-state index contributed by atoms with van der Waals surface area (Å²) >= 11 is 2.74. The Labute approximate surface area is 78.6 Å². The number of rotatable bonds is 4. The molecule has 0 saturated heterocycles. The van der Waals surface area contributed by atoms with Crippen LogP contribution in [-0.4, -0.2) is 25.7 Å². The molecular weight excluding hydrogens is 254 g/mol. The molecule has 0 aromatic rings. The Morgan fingerprint density at radius 2 is 1.30 bits per heavy atom. The first-order chi connectivity index (χ1) is 4.39. The Balaban J connectivity index is 3.97. The first-order valence-corrected chi connectivity index (χ1v) is 10.4. The van der Waals surface area contributed by atoms with Crippen molar-refractivity contribution in [3.05, 3.63) is 0 Å². The van der Waals surface area contributed by atoms with Gasteiger partial charge in [-0.25, -0.2) is 0 Å². The standard InChI is InChI=1S/C8H20IP/c1-5-7-10(3,4,9)8-6-2/h5-8H2,1-4H3. The van der Waals surface area contributed by atoms with Crippen molar-refractivity contribution >= 4 is 26.3 Å². The van der Waals surface area contributed by atoms with Crippen LogP contribution in [-0.2, 0) is 0 Å². The van der Waals surface area contributed by atoms with Crippen molar-refractivity contribution in [3.8, 4) is 0 Å². The molecule has 0 aliphatic carbocycles. The summed E-state index contributed by atoms with van der Waals surface area (Å²) in [6, 6.07) is 0. The van der Waals surface area contributed by atoms with E-state index >= 15 is 0 Å². The van der Waals surface area contributed by atoms with Crippen LogP contribution < -0.4 is 0 Å². The molecule has 0 aliphatic heterocycles. The third kappa shape index (κ3) is 4.90. The van der Waals surface area contributed by atoms with Gasteiger partial charge in [0.05, 0.1) is 0 Å². The molecule has 0 rings (SSSR count). The van der Waals surface area contributed by atoms with E-state index in [1.54, 1.807) is 0 Å². The van der Waals surface area contributed by atoms with Gasteiger partial charge in [0.15, 0.2) is 0 Å². The van der Waals surface area contributed by atoms with E-state index in [2.05, 4.69) is 49.2 Å². The van der Waals surface area contributed by atoms with Gasteiger partial charge in [-0.3, -0.25) is 0 Å². The molecule has 0 fully saturated rings. The second-order valence-corrected chi connectivity index (χ2v) is 19.8. The average molecular weight is 274 g/mol. The zero-order valence-corrected chi connectivity index (χ0v) is 10.7. The minimum absolute atomic E-state index is 1.19. The van der Waals surface area contributed by atoms with E-state index in [9.17, 15) is 0 Å². The summed E-state index contributed by atoms with van der Waals surface area (Å²) < 4.78 is -1.19. The van der Waals surface area contributed by atoms with Gasteiger partial charge in [0.1, 0.15) is 0 Å². The molecule has 0 amide bonds. The van der Waals surface area contributed by atoms with Crippen molar-refractivity contribution in [2.75, 3.05) is 25.7 Å². The van der Waals surface area contributed by atoms with Gasteiger partial charge in [0.25, 0.3) is 0 Å². The fraction of sp³-hybridized carbons (Fsp3) is 1.00. The van der Waals surface area contributed by atoms with Gasteiger partial charge >= 0.3 is 78.6 Å². The second-order valence-electron chi connectivity index (χ2n) is 3.96. The molecule has 0 nitrogen and oxygen atoms in total. The van der Waals surface area contributed by atoms with E-state index in [1.165, 1.54) is 25.2 Å². The van der Waals surface area contributed by atoms with Crippen molar-refractivity contribution in [2.24, 2.45) is 0 Å². The second kappa shape index (κ2) is 3.71. The molecular formula is C8H20IP. The van der Waals surface area contributed by atoms with Gasteiger partial charge < -0.3 is 0 Å². The molecule has 0 N–H and O–H groups in total. The van der Waals surface area contributed by atoms with Crippen LogP contribution in [0.4, 0.5) is 0 Å². The maximum atomic E-state index is 2.74. The predicted molar refractivity (Wildman–Crippen MR) is 63.1 cm³/mol. The van der Waals surface area contributed by atoms with Crippen LogP contribution in [0.15, 0.2) is 0 Å². The Hall–Kier alpha value is 1.16. The molecule has 64 valence electrons. The van der Waals surface area contributed by atoms with Crippen molar-refractivity contribution in [2.45, 2.75) is 26.7 Å². The monoisotopic (exact) mass is 274 g/mol. The summed E-state index contributed by atoms with van der Waals surface area (Å²) in [5.74, 6) is 0. The third-order valence-corrected chi connectivity index (χ3v) is 8.38. The van der Waals surface area contributed by atoms with E-state index in [4.69, 9.17) is 0 Å². The molecule has 0 heterocycles. The quantitative estimate of drug-likeness (QED) is 0.537. The number of halogens is 1. The van der Waals surface area contributed by atoms with Crippen molar-refractivity contribution in [1.29, 1.82) is 0 Å². The van der Waals surface area contributed by atoms with Crippen LogP contribution in [0.2, 0.25) is 0 Å². The van der Waals surface area contributed by atoms with Crippen LogP contribution in [0.3, 0.4) is 0 Å². The van der Waals surface area contributed by atoms with E-state index in [0.29, 0.717) is 0 Å². The van der Waals surface area contributed by atoms with Crippen LogP contribution in [0.25, 0.3) is 0 Å². The summed E-state index contributed by atoms with van der Waals surface area (Å²) in [5, 5.41) is 0. The molecule has 0 aliphatic rings. The minimum atomic E-state index is -1.19. The Morgan fingerprint density at radius 1 is 1.00 bits per heavy atom. The van der Waals surface area contributed by atoms with Crippen LogP contribution in [0.1, 0.15) is 26.7 Å². The fourth-order valence-electron chi connectivity index (χ4n) is 1.49. The predicted octanol–water partition coefficient (Wildman–Crippen LogP) is 3.97.